The highest BCUT2D eigenvalue weighted by atomic mass is 32.2. The van der Waals surface area contributed by atoms with Crippen LogP contribution in [0.1, 0.15) is 0 Å². The third-order valence-electron chi connectivity index (χ3n) is 2.54. The average Bonchev–Trinajstić information content (AvgIpc) is 2.29. The van der Waals surface area contributed by atoms with E-state index in [0.717, 1.165) is 6.07 Å². The van der Waals surface area contributed by atoms with E-state index in [1.807, 2.05) is 19.0 Å². The van der Waals surface area contributed by atoms with Gasteiger partial charge in [-0.2, -0.15) is 4.31 Å². The van der Waals surface area contributed by atoms with E-state index in [9.17, 15) is 12.8 Å². The van der Waals surface area contributed by atoms with Crippen molar-refractivity contribution in [3.05, 3.63) is 24.0 Å². The maximum atomic E-state index is 13.3. The minimum absolute atomic E-state index is 0.0649. The van der Waals surface area contributed by atoms with Gasteiger partial charge in [0.05, 0.1) is 10.6 Å². The number of sulfonamides is 1. The van der Waals surface area contributed by atoms with Crippen LogP contribution in [-0.4, -0.2) is 51.9 Å². The molecule has 0 atom stereocenters. The van der Waals surface area contributed by atoms with E-state index in [1.54, 1.807) is 0 Å². The molecular formula is C11H18FN3O2S. The maximum absolute atomic E-state index is 13.3. The maximum Gasteiger partial charge on any atom is 0.242 e. The third-order valence-corrected chi connectivity index (χ3v) is 4.40. The van der Waals surface area contributed by atoms with Gasteiger partial charge in [-0.3, -0.25) is 0 Å². The van der Waals surface area contributed by atoms with Crippen molar-refractivity contribution >= 4 is 15.7 Å². The molecule has 0 amide bonds. The van der Waals surface area contributed by atoms with Crippen molar-refractivity contribution in [3.63, 3.8) is 0 Å². The number of nitrogen functional groups attached to an aromatic ring is 1. The molecule has 0 saturated heterocycles. The summed E-state index contributed by atoms with van der Waals surface area (Å²) in [5.41, 5.74) is 5.25. The average molecular weight is 275 g/mol. The Bertz CT molecular complexity index is 517. The number of rotatable bonds is 5. The molecule has 0 radical (unpaired) electrons. The first-order valence-corrected chi connectivity index (χ1v) is 6.85. The Hall–Kier alpha value is -1.18. The topological polar surface area (TPSA) is 66.6 Å². The summed E-state index contributed by atoms with van der Waals surface area (Å²) in [7, 11) is 1.50. The predicted octanol–water partition coefficient (Wildman–Crippen LogP) is 0.590. The van der Waals surface area contributed by atoms with Crippen molar-refractivity contribution in [2.75, 3.05) is 40.0 Å². The van der Waals surface area contributed by atoms with Crippen LogP contribution in [0.15, 0.2) is 23.1 Å². The Kier molecular flexibility index (Phi) is 4.66. The van der Waals surface area contributed by atoms with Crippen molar-refractivity contribution in [3.8, 4) is 0 Å². The Morgan fingerprint density at radius 2 is 1.83 bits per heavy atom. The normalized spacial score (nSPS) is 12.3. The number of halogens is 1. The fraction of sp³-hybridized carbons (Fsp3) is 0.455. The van der Waals surface area contributed by atoms with Crippen LogP contribution < -0.4 is 5.73 Å². The van der Waals surface area contributed by atoms with Gasteiger partial charge in [-0.25, -0.2) is 12.8 Å². The molecule has 1 rings (SSSR count). The molecule has 0 aliphatic heterocycles. The lowest BCUT2D eigenvalue weighted by atomic mass is 10.3. The molecular weight excluding hydrogens is 257 g/mol. The SMILES string of the molecule is CN(C)CCN(C)S(=O)(=O)c1ccc(N)c(F)c1. The second-order valence-corrected chi connectivity index (χ2v) is 6.36. The van der Waals surface area contributed by atoms with Gasteiger partial charge in [-0.05, 0) is 32.3 Å². The van der Waals surface area contributed by atoms with E-state index in [2.05, 4.69) is 0 Å². The molecule has 0 aliphatic rings. The molecule has 0 unspecified atom stereocenters. The Morgan fingerprint density at radius 3 is 2.33 bits per heavy atom. The van der Waals surface area contributed by atoms with E-state index in [0.29, 0.717) is 13.1 Å². The number of anilines is 1. The van der Waals surface area contributed by atoms with E-state index >= 15 is 0 Å². The molecule has 1 aromatic carbocycles. The second kappa shape index (κ2) is 5.64. The Morgan fingerprint density at radius 1 is 1.22 bits per heavy atom. The molecule has 0 fully saturated rings. The van der Waals surface area contributed by atoms with Crippen LogP contribution >= 0.6 is 0 Å². The summed E-state index contributed by atoms with van der Waals surface area (Å²) >= 11 is 0. The molecule has 0 aromatic heterocycles. The first kappa shape index (κ1) is 14.9. The zero-order valence-corrected chi connectivity index (χ0v) is 11.5. The smallest absolute Gasteiger partial charge is 0.242 e. The molecule has 0 bridgehead atoms. The summed E-state index contributed by atoms with van der Waals surface area (Å²) in [5.74, 6) is -0.725. The molecule has 7 heteroatoms. The van der Waals surface area contributed by atoms with Gasteiger partial charge in [0.15, 0.2) is 0 Å². The molecule has 102 valence electrons. The molecule has 1 aromatic rings. The van der Waals surface area contributed by atoms with Crippen molar-refractivity contribution in [2.24, 2.45) is 0 Å². The van der Waals surface area contributed by atoms with Gasteiger partial charge in [0, 0.05) is 20.1 Å². The van der Waals surface area contributed by atoms with Gasteiger partial charge in [0.25, 0.3) is 0 Å². The minimum Gasteiger partial charge on any atom is -0.396 e. The lowest BCUT2D eigenvalue weighted by molar-refractivity contribution is 0.358. The van der Waals surface area contributed by atoms with Gasteiger partial charge in [0.1, 0.15) is 5.82 Å². The van der Waals surface area contributed by atoms with Crippen molar-refractivity contribution < 1.29 is 12.8 Å². The Balaban J connectivity index is 2.95. The van der Waals surface area contributed by atoms with Crippen molar-refractivity contribution in [1.29, 1.82) is 0 Å². The number of hydrogen-bond donors (Lipinski definition) is 1. The summed E-state index contributed by atoms with van der Waals surface area (Å²) in [6, 6.07) is 3.50. The summed E-state index contributed by atoms with van der Waals surface area (Å²) in [5, 5.41) is 0. The second-order valence-electron chi connectivity index (χ2n) is 4.31. The Labute approximate surface area is 107 Å². The van der Waals surface area contributed by atoms with Gasteiger partial charge < -0.3 is 10.6 Å². The minimum atomic E-state index is -3.66. The highest BCUT2D eigenvalue weighted by Gasteiger charge is 2.21. The molecule has 0 saturated carbocycles. The largest absolute Gasteiger partial charge is 0.396 e. The third kappa shape index (κ3) is 3.41. The monoisotopic (exact) mass is 275 g/mol. The fourth-order valence-corrected chi connectivity index (χ4v) is 2.48. The predicted molar refractivity (Wildman–Crippen MR) is 69.2 cm³/mol. The number of nitrogens with two attached hydrogens (primary N) is 1. The molecule has 0 aliphatic carbocycles. The van der Waals surface area contributed by atoms with Crippen LogP contribution in [0.2, 0.25) is 0 Å². The van der Waals surface area contributed by atoms with Crippen LogP contribution in [-0.2, 0) is 10.0 Å². The molecule has 2 N–H and O–H groups in total. The lowest BCUT2D eigenvalue weighted by Gasteiger charge is -2.19. The van der Waals surface area contributed by atoms with Gasteiger partial charge in [-0.15, -0.1) is 0 Å². The highest BCUT2D eigenvalue weighted by molar-refractivity contribution is 7.89. The van der Waals surface area contributed by atoms with Gasteiger partial charge in [0.2, 0.25) is 10.0 Å². The number of hydrogen-bond acceptors (Lipinski definition) is 4. The molecule has 0 spiro atoms. The molecule has 5 nitrogen and oxygen atoms in total. The quantitative estimate of drug-likeness (QED) is 0.799. The van der Waals surface area contributed by atoms with Crippen LogP contribution in [0.25, 0.3) is 0 Å². The van der Waals surface area contributed by atoms with E-state index in [1.165, 1.54) is 23.5 Å². The number of benzene rings is 1. The molecule has 18 heavy (non-hydrogen) atoms. The first-order valence-electron chi connectivity index (χ1n) is 5.41. The van der Waals surface area contributed by atoms with E-state index in [-0.39, 0.29) is 10.6 Å². The molecule has 0 heterocycles. The zero-order valence-electron chi connectivity index (χ0n) is 10.7. The van der Waals surface area contributed by atoms with E-state index in [4.69, 9.17) is 5.73 Å². The highest BCUT2D eigenvalue weighted by Crippen LogP contribution is 2.19. The summed E-state index contributed by atoms with van der Waals surface area (Å²) in [6.45, 7) is 0.925. The number of nitrogens with zero attached hydrogens (tertiary/aromatic N) is 2. The summed E-state index contributed by atoms with van der Waals surface area (Å²) in [4.78, 5) is 1.78. The standard InChI is InChI=1S/C11H18FN3O2S/c1-14(2)6-7-15(3)18(16,17)9-4-5-11(13)10(12)8-9/h4-5,8H,6-7,13H2,1-3H3. The first-order chi connectivity index (χ1) is 8.25. The van der Waals surface area contributed by atoms with Crippen LogP contribution in [0.5, 0.6) is 0 Å². The lowest BCUT2D eigenvalue weighted by Crippen LogP contribution is -2.33. The van der Waals surface area contributed by atoms with Crippen LogP contribution in [0, 0.1) is 5.82 Å². The zero-order chi connectivity index (χ0) is 13.9. The van der Waals surface area contributed by atoms with Crippen LogP contribution in [0.3, 0.4) is 0 Å². The van der Waals surface area contributed by atoms with Gasteiger partial charge in [-0.1, -0.05) is 0 Å². The van der Waals surface area contributed by atoms with Crippen LogP contribution in [0.4, 0.5) is 10.1 Å². The summed E-state index contributed by atoms with van der Waals surface area (Å²) in [6.07, 6.45) is 0. The van der Waals surface area contributed by atoms with E-state index < -0.39 is 15.8 Å². The van der Waals surface area contributed by atoms with Crippen molar-refractivity contribution in [1.82, 2.24) is 9.21 Å². The van der Waals surface area contributed by atoms with Gasteiger partial charge >= 0.3 is 0 Å². The fourth-order valence-electron chi connectivity index (χ4n) is 1.31. The van der Waals surface area contributed by atoms with Crippen molar-refractivity contribution in [2.45, 2.75) is 4.90 Å². The summed E-state index contributed by atoms with van der Waals surface area (Å²) < 4.78 is 38.7. The number of likely N-dealkylation sites (N-methyl/N-ethyl adjacent to an activating group) is 2.